The van der Waals surface area contributed by atoms with Crippen LogP contribution in [0.2, 0.25) is 0 Å². The number of carbonyl (C=O) groups excluding carboxylic acids is 1. The van der Waals surface area contributed by atoms with Crippen molar-refractivity contribution in [3.05, 3.63) is 42.0 Å². The van der Waals surface area contributed by atoms with Gasteiger partial charge >= 0.3 is 0 Å². The summed E-state index contributed by atoms with van der Waals surface area (Å²) in [6.45, 7) is 0. The summed E-state index contributed by atoms with van der Waals surface area (Å²) in [6, 6.07) is 5.55. The summed E-state index contributed by atoms with van der Waals surface area (Å²) >= 11 is 0. The van der Waals surface area contributed by atoms with E-state index in [1.165, 1.54) is 6.08 Å². The molecule has 16 heavy (non-hydrogen) atoms. The van der Waals surface area contributed by atoms with Crippen molar-refractivity contribution >= 4 is 12.4 Å². The molecule has 1 rings (SSSR count). The predicted molar refractivity (Wildman–Crippen MR) is 63.8 cm³/mol. The van der Waals surface area contributed by atoms with Gasteiger partial charge in [0.05, 0.1) is 14.2 Å². The van der Waals surface area contributed by atoms with E-state index in [1.54, 1.807) is 26.4 Å². The SMILES string of the molecule is COc1ccc(/C=C/C=C/C=O)c(OC)c1. The summed E-state index contributed by atoms with van der Waals surface area (Å²) in [4.78, 5) is 10.1. The molecule has 3 heteroatoms. The highest BCUT2D eigenvalue weighted by atomic mass is 16.5. The molecule has 0 fully saturated rings. The number of benzene rings is 1. The first-order valence-corrected chi connectivity index (χ1v) is 4.82. The largest absolute Gasteiger partial charge is 0.497 e. The molecule has 84 valence electrons. The fourth-order valence-electron chi connectivity index (χ4n) is 1.22. The van der Waals surface area contributed by atoms with E-state index in [-0.39, 0.29) is 0 Å². The van der Waals surface area contributed by atoms with E-state index in [0.29, 0.717) is 0 Å². The molecule has 3 nitrogen and oxygen atoms in total. The van der Waals surface area contributed by atoms with Crippen LogP contribution in [0.3, 0.4) is 0 Å². The van der Waals surface area contributed by atoms with Gasteiger partial charge in [0.15, 0.2) is 0 Å². The van der Waals surface area contributed by atoms with Crippen molar-refractivity contribution in [3.8, 4) is 11.5 Å². The van der Waals surface area contributed by atoms with Gasteiger partial charge < -0.3 is 9.47 Å². The van der Waals surface area contributed by atoms with Gasteiger partial charge in [0.25, 0.3) is 0 Å². The van der Waals surface area contributed by atoms with Gasteiger partial charge in [0, 0.05) is 11.6 Å². The number of rotatable bonds is 5. The maximum absolute atomic E-state index is 10.1. The van der Waals surface area contributed by atoms with Crippen molar-refractivity contribution in [2.75, 3.05) is 14.2 Å². The zero-order chi connectivity index (χ0) is 11.8. The van der Waals surface area contributed by atoms with Crippen LogP contribution in [0.1, 0.15) is 5.56 Å². The van der Waals surface area contributed by atoms with E-state index in [0.717, 1.165) is 23.3 Å². The highest BCUT2D eigenvalue weighted by molar-refractivity contribution is 5.67. The molecule has 1 aromatic carbocycles. The Balaban J connectivity index is 2.91. The normalized spacial score (nSPS) is 10.9. The minimum atomic E-state index is 0.732. The van der Waals surface area contributed by atoms with E-state index < -0.39 is 0 Å². The number of hydrogen-bond donors (Lipinski definition) is 0. The maximum atomic E-state index is 10.1. The summed E-state index contributed by atoms with van der Waals surface area (Å²) in [5.74, 6) is 1.48. The van der Waals surface area contributed by atoms with Gasteiger partial charge in [0.1, 0.15) is 17.8 Å². The number of ether oxygens (including phenoxy) is 2. The molecule has 0 N–H and O–H groups in total. The molecule has 0 spiro atoms. The number of carbonyl (C=O) groups is 1. The van der Waals surface area contributed by atoms with E-state index >= 15 is 0 Å². The number of allylic oxidation sites excluding steroid dienone is 3. The summed E-state index contributed by atoms with van der Waals surface area (Å²) in [6.07, 6.45) is 7.45. The molecular weight excluding hydrogens is 204 g/mol. The Hall–Kier alpha value is -2.03. The molecule has 0 heterocycles. The Morgan fingerprint density at radius 1 is 1.06 bits per heavy atom. The lowest BCUT2D eigenvalue weighted by atomic mass is 10.1. The Morgan fingerprint density at radius 2 is 1.88 bits per heavy atom. The van der Waals surface area contributed by atoms with E-state index in [9.17, 15) is 4.79 Å². The third-order valence-corrected chi connectivity index (χ3v) is 2.02. The highest BCUT2D eigenvalue weighted by Gasteiger charge is 2.00. The number of methoxy groups -OCH3 is 2. The lowest BCUT2D eigenvalue weighted by Gasteiger charge is -2.06. The second-order valence-corrected chi connectivity index (χ2v) is 2.99. The Labute approximate surface area is 95.0 Å². The van der Waals surface area contributed by atoms with Crippen LogP contribution in [0.4, 0.5) is 0 Å². The smallest absolute Gasteiger partial charge is 0.142 e. The summed E-state index contributed by atoms with van der Waals surface area (Å²) in [5.41, 5.74) is 0.929. The second kappa shape index (κ2) is 6.45. The van der Waals surface area contributed by atoms with Gasteiger partial charge in [-0.3, -0.25) is 4.79 Å². The third kappa shape index (κ3) is 3.28. The highest BCUT2D eigenvalue weighted by Crippen LogP contribution is 2.25. The standard InChI is InChI=1S/C13H14O3/c1-15-12-8-7-11(13(10-12)16-2)6-4-3-5-9-14/h3-10H,1-2H3/b5-3+,6-4+. The van der Waals surface area contributed by atoms with Crippen molar-refractivity contribution in [2.45, 2.75) is 0 Å². The van der Waals surface area contributed by atoms with Crippen LogP contribution in [0.15, 0.2) is 36.4 Å². The molecular formula is C13H14O3. The minimum Gasteiger partial charge on any atom is -0.497 e. The predicted octanol–water partition coefficient (Wildman–Crippen LogP) is 2.47. The topological polar surface area (TPSA) is 35.5 Å². The van der Waals surface area contributed by atoms with Crippen molar-refractivity contribution in [2.24, 2.45) is 0 Å². The summed E-state index contributed by atoms with van der Waals surface area (Å²) in [7, 11) is 3.21. The number of aldehydes is 1. The van der Waals surface area contributed by atoms with Crippen LogP contribution in [0.25, 0.3) is 6.08 Å². The van der Waals surface area contributed by atoms with Gasteiger partial charge in [-0.2, -0.15) is 0 Å². The van der Waals surface area contributed by atoms with E-state index in [4.69, 9.17) is 9.47 Å². The first-order chi connectivity index (χ1) is 7.81. The molecule has 0 aliphatic carbocycles. The van der Waals surface area contributed by atoms with Gasteiger partial charge in [-0.05, 0) is 18.2 Å². The Kier molecular flexibility index (Phi) is 4.86. The van der Waals surface area contributed by atoms with Crippen molar-refractivity contribution < 1.29 is 14.3 Å². The second-order valence-electron chi connectivity index (χ2n) is 2.99. The zero-order valence-corrected chi connectivity index (χ0v) is 9.34. The number of hydrogen-bond acceptors (Lipinski definition) is 3. The molecule has 0 aliphatic rings. The average molecular weight is 218 g/mol. The van der Waals surface area contributed by atoms with Crippen LogP contribution in [-0.2, 0) is 4.79 Å². The fourth-order valence-corrected chi connectivity index (χ4v) is 1.22. The van der Waals surface area contributed by atoms with E-state index in [2.05, 4.69) is 0 Å². The van der Waals surface area contributed by atoms with Gasteiger partial charge in [-0.1, -0.05) is 18.2 Å². The molecule has 1 aromatic rings. The molecule has 0 aromatic heterocycles. The van der Waals surface area contributed by atoms with Gasteiger partial charge in [-0.25, -0.2) is 0 Å². The molecule has 0 aliphatic heterocycles. The summed E-state index contributed by atoms with van der Waals surface area (Å²) in [5, 5.41) is 0. The van der Waals surface area contributed by atoms with E-state index in [1.807, 2.05) is 24.3 Å². The quantitative estimate of drug-likeness (QED) is 0.432. The Bertz CT molecular complexity index is 406. The molecule has 0 saturated carbocycles. The molecule has 0 amide bonds. The fraction of sp³-hybridized carbons (Fsp3) is 0.154. The van der Waals surface area contributed by atoms with Crippen molar-refractivity contribution in [3.63, 3.8) is 0 Å². The van der Waals surface area contributed by atoms with Crippen LogP contribution >= 0.6 is 0 Å². The van der Waals surface area contributed by atoms with Gasteiger partial charge in [-0.15, -0.1) is 0 Å². The van der Waals surface area contributed by atoms with Crippen LogP contribution in [-0.4, -0.2) is 20.5 Å². The Morgan fingerprint density at radius 3 is 2.50 bits per heavy atom. The van der Waals surface area contributed by atoms with Crippen LogP contribution in [0, 0.1) is 0 Å². The summed E-state index contributed by atoms with van der Waals surface area (Å²) < 4.78 is 10.3. The molecule has 0 bridgehead atoms. The van der Waals surface area contributed by atoms with Crippen LogP contribution in [0.5, 0.6) is 11.5 Å². The molecule has 0 saturated heterocycles. The first kappa shape index (κ1) is 12.0. The van der Waals surface area contributed by atoms with Crippen LogP contribution < -0.4 is 9.47 Å². The minimum absolute atomic E-state index is 0.732. The third-order valence-electron chi connectivity index (χ3n) is 2.02. The maximum Gasteiger partial charge on any atom is 0.142 e. The zero-order valence-electron chi connectivity index (χ0n) is 9.34. The van der Waals surface area contributed by atoms with Crippen molar-refractivity contribution in [1.82, 2.24) is 0 Å². The molecule has 0 unspecified atom stereocenters. The lowest BCUT2D eigenvalue weighted by molar-refractivity contribution is -0.104. The molecule has 0 atom stereocenters. The molecule has 0 radical (unpaired) electrons. The lowest BCUT2D eigenvalue weighted by Crippen LogP contribution is -1.89. The monoisotopic (exact) mass is 218 g/mol. The van der Waals surface area contributed by atoms with Gasteiger partial charge in [0.2, 0.25) is 0 Å². The van der Waals surface area contributed by atoms with Crippen molar-refractivity contribution in [1.29, 1.82) is 0 Å². The first-order valence-electron chi connectivity index (χ1n) is 4.82. The average Bonchev–Trinajstić information content (AvgIpc) is 2.34.